The van der Waals surface area contributed by atoms with E-state index in [4.69, 9.17) is 22.4 Å². The van der Waals surface area contributed by atoms with E-state index >= 15 is 0 Å². The van der Waals surface area contributed by atoms with Gasteiger partial charge in [-0.25, -0.2) is 9.78 Å². The van der Waals surface area contributed by atoms with Crippen molar-refractivity contribution in [3.8, 4) is 0 Å². The van der Waals surface area contributed by atoms with Gasteiger partial charge in [-0.2, -0.15) is 0 Å². The van der Waals surface area contributed by atoms with Gasteiger partial charge in [-0.1, -0.05) is 17.7 Å². The van der Waals surface area contributed by atoms with Crippen molar-refractivity contribution in [2.24, 2.45) is 5.73 Å². The van der Waals surface area contributed by atoms with Crippen molar-refractivity contribution in [2.45, 2.75) is 6.04 Å². The number of hydrogen-bond acceptors (Lipinski definition) is 3. The fourth-order valence-corrected chi connectivity index (χ4v) is 1.18. The molecule has 4 nitrogen and oxygen atoms in total. The first-order chi connectivity index (χ1) is 6.56. The molecule has 0 bridgehead atoms. The zero-order chi connectivity index (χ0) is 10.7. The highest BCUT2D eigenvalue weighted by molar-refractivity contribution is 6.29. The lowest BCUT2D eigenvalue weighted by Crippen LogP contribution is -2.13. The summed E-state index contributed by atoms with van der Waals surface area (Å²) in [5, 5.41) is 8.99. The number of halogens is 1. The number of carboxylic acids is 1. The lowest BCUT2D eigenvalue weighted by molar-refractivity contribution is 0.0695. The zero-order valence-electron chi connectivity index (χ0n) is 7.27. The van der Waals surface area contributed by atoms with Gasteiger partial charge in [-0.3, -0.25) is 0 Å². The predicted octanol–water partition coefficient (Wildman–Crippen LogP) is 1.62. The summed E-state index contributed by atoms with van der Waals surface area (Å²) in [6, 6.07) is 0.716. The second-order valence-electron chi connectivity index (χ2n) is 2.66. The van der Waals surface area contributed by atoms with E-state index in [1.165, 1.54) is 18.3 Å². The third kappa shape index (κ3) is 2.10. The Hall–Kier alpha value is -1.39. The molecule has 1 aromatic heterocycles. The molecule has 1 aromatic rings. The number of carbonyl (C=O) groups is 1. The Balaban J connectivity index is 3.28. The summed E-state index contributed by atoms with van der Waals surface area (Å²) in [5.41, 5.74) is 6.07. The molecular formula is C9H9ClN2O2. The maximum Gasteiger partial charge on any atom is 0.336 e. The van der Waals surface area contributed by atoms with Crippen LogP contribution in [0.5, 0.6) is 0 Å². The predicted molar refractivity (Wildman–Crippen MR) is 53.3 cm³/mol. The minimum atomic E-state index is -1.08. The van der Waals surface area contributed by atoms with Crippen LogP contribution < -0.4 is 5.73 Å². The molecule has 0 saturated carbocycles. The molecular weight excluding hydrogens is 204 g/mol. The normalized spacial score (nSPS) is 12.1. The van der Waals surface area contributed by atoms with Gasteiger partial charge in [0, 0.05) is 11.8 Å². The first-order valence-electron chi connectivity index (χ1n) is 3.83. The zero-order valence-corrected chi connectivity index (χ0v) is 8.03. The fourth-order valence-electron chi connectivity index (χ4n) is 1.02. The van der Waals surface area contributed by atoms with Crippen LogP contribution in [-0.2, 0) is 0 Å². The van der Waals surface area contributed by atoms with E-state index in [9.17, 15) is 4.79 Å². The Bertz CT molecular complexity index is 379. The van der Waals surface area contributed by atoms with Crippen LogP contribution in [0.3, 0.4) is 0 Å². The highest BCUT2D eigenvalue weighted by Gasteiger charge is 2.14. The molecule has 1 atom stereocenters. The number of nitrogens with two attached hydrogens (primary N) is 1. The van der Waals surface area contributed by atoms with Gasteiger partial charge in [0.15, 0.2) is 0 Å². The molecule has 0 radical (unpaired) electrons. The van der Waals surface area contributed by atoms with Crippen LogP contribution in [0.4, 0.5) is 0 Å². The molecule has 0 aliphatic heterocycles. The molecule has 14 heavy (non-hydrogen) atoms. The first-order valence-corrected chi connectivity index (χ1v) is 4.21. The molecule has 1 rings (SSSR count). The number of nitrogens with zero attached hydrogens (tertiary/aromatic N) is 1. The van der Waals surface area contributed by atoms with Crippen molar-refractivity contribution < 1.29 is 9.90 Å². The van der Waals surface area contributed by atoms with Crippen LogP contribution in [0.1, 0.15) is 22.0 Å². The lowest BCUT2D eigenvalue weighted by Gasteiger charge is -2.09. The van der Waals surface area contributed by atoms with Crippen LogP contribution >= 0.6 is 11.6 Å². The average molecular weight is 213 g/mol. The highest BCUT2D eigenvalue weighted by Crippen LogP contribution is 2.19. The molecule has 0 aliphatic carbocycles. The van der Waals surface area contributed by atoms with Crippen LogP contribution in [-0.4, -0.2) is 16.1 Å². The summed E-state index contributed by atoms with van der Waals surface area (Å²) in [4.78, 5) is 14.6. The topological polar surface area (TPSA) is 76.2 Å². The minimum Gasteiger partial charge on any atom is -0.478 e. The maximum absolute atomic E-state index is 10.8. The smallest absolute Gasteiger partial charge is 0.336 e. The Labute approximate surface area is 86.0 Å². The molecule has 1 heterocycles. The van der Waals surface area contributed by atoms with Crippen molar-refractivity contribution in [3.63, 3.8) is 0 Å². The Morgan fingerprint density at radius 2 is 2.43 bits per heavy atom. The van der Waals surface area contributed by atoms with Gasteiger partial charge < -0.3 is 10.8 Å². The van der Waals surface area contributed by atoms with Gasteiger partial charge in [0.1, 0.15) is 5.15 Å². The summed E-state index contributed by atoms with van der Waals surface area (Å²) in [5.74, 6) is -1.08. The molecule has 5 heteroatoms. The van der Waals surface area contributed by atoms with E-state index in [1.807, 2.05) is 0 Å². The van der Waals surface area contributed by atoms with Crippen LogP contribution in [0.15, 0.2) is 24.9 Å². The highest BCUT2D eigenvalue weighted by atomic mass is 35.5. The summed E-state index contributed by atoms with van der Waals surface area (Å²) in [6.07, 6.45) is 2.79. The number of aromatic carboxylic acids is 1. The van der Waals surface area contributed by atoms with Gasteiger partial charge in [-0.05, 0) is 6.07 Å². The van der Waals surface area contributed by atoms with E-state index in [0.29, 0.717) is 5.56 Å². The molecule has 0 fully saturated rings. The van der Waals surface area contributed by atoms with Crippen LogP contribution in [0.2, 0.25) is 5.15 Å². The maximum atomic E-state index is 10.8. The van der Waals surface area contributed by atoms with Gasteiger partial charge in [-0.15, -0.1) is 6.58 Å². The summed E-state index contributed by atoms with van der Waals surface area (Å²) in [7, 11) is 0. The average Bonchev–Trinajstić information content (AvgIpc) is 2.16. The Morgan fingerprint density at radius 3 is 2.93 bits per heavy atom. The largest absolute Gasteiger partial charge is 0.478 e. The minimum absolute atomic E-state index is 0.0531. The number of aromatic nitrogens is 1. The third-order valence-electron chi connectivity index (χ3n) is 1.74. The monoisotopic (exact) mass is 212 g/mol. The second-order valence-corrected chi connectivity index (χ2v) is 3.05. The van der Waals surface area contributed by atoms with Gasteiger partial charge >= 0.3 is 5.97 Å². The van der Waals surface area contributed by atoms with Gasteiger partial charge in [0.05, 0.1) is 11.6 Å². The van der Waals surface area contributed by atoms with Crippen molar-refractivity contribution in [2.75, 3.05) is 0 Å². The first kappa shape index (κ1) is 10.7. The van der Waals surface area contributed by atoms with E-state index in [1.54, 1.807) is 0 Å². The molecule has 0 aromatic carbocycles. The number of hydrogen-bond donors (Lipinski definition) is 2. The van der Waals surface area contributed by atoms with E-state index < -0.39 is 12.0 Å². The van der Waals surface area contributed by atoms with Crippen molar-refractivity contribution in [1.82, 2.24) is 4.98 Å². The van der Waals surface area contributed by atoms with E-state index in [-0.39, 0.29) is 10.7 Å². The molecule has 0 amide bonds. The molecule has 0 spiro atoms. The van der Waals surface area contributed by atoms with E-state index in [0.717, 1.165) is 0 Å². The van der Waals surface area contributed by atoms with E-state index in [2.05, 4.69) is 11.6 Å². The molecule has 0 aliphatic rings. The second kappa shape index (κ2) is 4.21. The standard InChI is InChI=1S/C9H9ClN2O2/c1-2-7(11)6-4-12-8(10)3-5(6)9(13)14/h2-4,7H,1,11H2,(H,13,14)/t7-/m1/s1. The SMILES string of the molecule is C=C[C@@H](N)c1cnc(Cl)cc1C(=O)O. The van der Waals surface area contributed by atoms with Crippen molar-refractivity contribution in [3.05, 3.63) is 41.2 Å². The van der Waals surface area contributed by atoms with Gasteiger partial charge in [0.2, 0.25) is 0 Å². The third-order valence-corrected chi connectivity index (χ3v) is 1.95. The fraction of sp³-hybridized carbons (Fsp3) is 0.111. The quantitative estimate of drug-likeness (QED) is 0.590. The molecule has 3 N–H and O–H groups in total. The Morgan fingerprint density at radius 1 is 1.79 bits per heavy atom. The van der Waals surface area contributed by atoms with Crippen LogP contribution in [0.25, 0.3) is 0 Å². The van der Waals surface area contributed by atoms with Gasteiger partial charge in [0.25, 0.3) is 0 Å². The Kier molecular flexibility index (Phi) is 3.22. The molecule has 0 unspecified atom stereocenters. The summed E-state index contributed by atoms with van der Waals surface area (Å²) in [6.45, 7) is 3.48. The number of rotatable bonds is 3. The lowest BCUT2D eigenvalue weighted by atomic mass is 10.0. The summed E-state index contributed by atoms with van der Waals surface area (Å²) >= 11 is 5.57. The van der Waals surface area contributed by atoms with Crippen LogP contribution in [0, 0.1) is 0 Å². The molecule has 74 valence electrons. The number of pyridine rings is 1. The molecule has 0 saturated heterocycles. The van der Waals surface area contributed by atoms with Crippen molar-refractivity contribution in [1.29, 1.82) is 0 Å². The number of carboxylic acid groups (broad SMARTS) is 1. The van der Waals surface area contributed by atoms with Crippen molar-refractivity contribution >= 4 is 17.6 Å². The summed E-state index contributed by atoms with van der Waals surface area (Å²) < 4.78 is 0.